The highest BCUT2D eigenvalue weighted by Crippen LogP contribution is 2.42. The zero-order valence-corrected chi connectivity index (χ0v) is 9.85. The van der Waals surface area contributed by atoms with Crippen molar-refractivity contribution in [2.45, 2.75) is 26.2 Å². The summed E-state index contributed by atoms with van der Waals surface area (Å²) in [5.41, 5.74) is 5.03. The van der Waals surface area contributed by atoms with Crippen LogP contribution in [-0.4, -0.2) is 40.6 Å². The predicted octanol–water partition coefficient (Wildman–Crippen LogP) is 0.284. The van der Waals surface area contributed by atoms with Crippen LogP contribution < -0.4 is 5.73 Å². The number of carbonyl (C=O) groups excluding carboxylic acids is 1. The molecule has 0 unspecified atom stereocenters. The van der Waals surface area contributed by atoms with E-state index >= 15 is 0 Å². The summed E-state index contributed by atoms with van der Waals surface area (Å²) in [6, 6.07) is 0. The number of aliphatic hydroxyl groups is 1. The maximum absolute atomic E-state index is 12.2. The Labute approximate surface area is 95.4 Å². The summed E-state index contributed by atoms with van der Waals surface area (Å²) in [6.45, 7) is 2.82. The molecular weight excluding hydrogens is 212 g/mol. The van der Waals surface area contributed by atoms with Crippen molar-refractivity contribution in [3.8, 4) is 0 Å². The molecule has 1 amide bonds. The van der Waals surface area contributed by atoms with Crippen LogP contribution in [0, 0.1) is 5.41 Å². The molecule has 1 fully saturated rings. The topological polar surface area (TPSA) is 66.6 Å². The van der Waals surface area contributed by atoms with Crippen molar-refractivity contribution in [2.75, 3.05) is 19.7 Å². The summed E-state index contributed by atoms with van der Waals surface area (Å²) in [6.07, 6.45) is 2.51. The fourth-order valence-corrected chi connectivity index (χ4v) is 2.21. The van der Waals surface area contributed by atoms with Gasteiger partial charge in [-0.25, -0.2) is 0 Å². The lowest BCUT2D eigenvalue weighted by molar-refractivity contribution is -0.142. The Balaban J connectivity index is 2.76. The minimum Gasteiger partial charge on any atom is -0.395 e. The highest BCUT2D eigenvalue weighted by atomic mass is 32.1. The number of nitrogens with two attached hydrogens (primary N) is 1. The molecule has 1 aliphatic rings. The average Bonchev–Trinajstić information content (AvgIpc) is 2.11. The van der Waals surface area contributed by atoms with Gasteiger partial charge in [0.05, 0.1) is 17.0 Å². The van der Waals surface area contributed by atoms with Gasteiger partial charge in [0.2, 0.25) is 5.91 Å². The molecule has 0 saturated heterocycles. The first-order chi connectivity index (χ1) is 7.08. The summed E-state index contributed by atoms with van der Waals surface area (Å²) >= 11 is 4.98. The van der Waals surface area contributed by atoms with Crippen molar-refractivity contribution in [2.24, 2.45) is 11.1 Å². The molecule has 3 N–H and O–H groups in total. The number of likely N-dealkylation sites (N-methyl/N-ethyl adjacent to an activating group) is 1. The Hall–Kier alpha value is -0.680. The average molecular weight is 230 g/mol. The van der Waals surface area contributed by atoms with Gasteiger partial charge in [-0.2, -0.15) is 0 Å². The summed E-state index contributed by atoms with van der Waals surface area (Å²) in [5.74, 6) is -0.0159. The van der Waals surface area contributed by atoms with E-state index in [4.69, 9.17) is 23.1 Å². The van der Waals surface area contributed by atoms with Crippen LogP contribution in [0.1, 0.15) is 26.2 Å². The van der Waals surface area contributed by atoms with Gasteiger partial charge in [0.1, 0.15) is 0 Å². The van der Waals surface area contributed by atoms with Crippen LogP contribution in [0.2, 0.25) is 0 Å². The second-order valence-electron chi connectivity index (χ2n) is 3.91. The zero-order valence-electron chi connectivity index (χ0n) is 9.03. The van der Waals surface area contributed by atoms with Crippen molar-refractivity contribution in [1.82, 2.24) is 4.90 Å². The molecule has 0 bridgehead atoms. The van der Waals surface area contributed by atoms with Gasteiger partial charge in [-0.1, -0.05) is 18.6 Å². The molecule has 0 spiro atoms. The van der Waals surface area contributed by atoms with E-state index in [2.05, 4.69) is 0 Å². The van der Waals surface area contributed by atoms with Crippen molar-refractivity contribution in [3.05, 3.63) is 0 Å². The summed E-state index contributed by atoms with van der Waals surface area (Å²) < 4.78 is 0. The molecule has 0 aliphatic heterocycles. The fourth-order valence-electron chi connectivity index (χ4n) is 1.92. The minimum absolute atomic E-state index is 0.0159. The number of hydrogen-bond donors (Lipinski definition) is 2. The van der Waals surface area contributed by atoms with E-state index in [-0.39, 0.29) is 12.5 Å². The molecule has 0 aromatic carbocycles. The van der Waals surface area contributed by atoms with Gasteiger partial charge in [0.25, 0.3) is 0 Å². The maximum atomic E-state index is 12.2. The van der Waals surface area contributed by atoms with E-state index in [9.17, 15) is 4.79 Å². The molecule has 5 heteroatoms. The van der Waals surface area contributed by atoms with Crippen molar-refractivity contribution < 1.29 is 9.90 Å². The van der Waals surface area contributed by atoms with E-state index < -0.39 is 5.41 Å². The molecule has 0 radical (unpaired) electrons. The Kier molecular flexibility index (Phi) is 4.04. The normalized spacial score (nSPS) is 18.0. The second-order valence-corrected chi connectivity index (χ2v) is 4.35. The molecule has 86 valence electrons. The maximum Gasteiger partial charge on any atom is 0.235 e. The minimum atomic E-state index is -0.611. The van der Waals surface area contributed by atoms with E-state index in [0.717, 1.165) is 19.3 Å². The Morgan fingerprint density at radius 2 is 2.20 bits per heavy atom. The number of carbonyl (C=O) groups is 1. The Morgan fingerprint density at radius 3 is 2.47 bits per heavy atom. The van der Waals surface area contributed by atoms with E-state index in [1.807, 2.05) is 6.92 Å². The van der Waals surface area contributed by atoms with Crippen LogP contribution >= 0.6 is 12.2 Å². The molecular formula is C10H18N2O2S. The van der Waals surface area contributed by atoms with Crippen molar-refractivity contribution in [1.29, 1.82) is 0 Å². The molecule has 4 nitrogen and oxygen atoms in total. The SMILES string of the molecule is CCN(CCO)C(=O)C1(C(N)=S)CCC1. The van der Waals surface area contributed by atoms with Crippen LogP contribution in [0.3, 0.4) is 0 Å². The number of amides is 1. The van der Waals surface area contributed by atoms with E-state index in [0.29, 0.717) is 18.1 Å². The van der Waals surface area contributed by atoms with Crippen molar-refractivity contribution >= 4 is 23.1 Å². The molecule has 15 heavy (non-hydrogen) atoms. The van der Waals surface area contributed by atoms with Crippen LogP contribution in [0.25, 0.3) is 0 Å². The third-order valence-electron chi connectivity index (χ3n) is 3.13. The zero-order chi connectivity index (χ0) is 11.5. The summed E-state index contributed by atoms with van der Waals surface area (Å²) in [5, 5.41) is 8.85. The smallest absolute Gasteiger partial charge is 0.235 e. The largest absolute Gasteiger partial charge is 0.395 e. The van der Waals surface area contributed by atoms with Gasteiger partial charge in [0.15, 0.2) is 0 Å². The first-order valence-electron chi connectivity index (χ1n) is 5.28. The molecule has 1 saturated carbocycles. The molecule has 1 aliphatic carbocycles. The number of thiocarbonyl (C=S) groups is 1. The molecule has 0 heterocycles. The Morgan fingerprint density at radius 1 is 1.60 bits per heavy atom. The predicted molar refractivity (Wildman–Crippen MR) is 62.4 cm³/mol. The number of aliphatic hydroxyl groups excluding tert-OH is 1. The van der Waals surface area contributed by atoms with Gasteiger partial charge in [-0.15, -0.1) is 0 Å². The van der Waals surface area contributed by atoms with Crippen LogP contribution in [0.4, 0.5) is 0 Å². The number of rotatable bonds is 5. The molecule has 0 aromatic heterocycles. The fraction of sp³-hybridized carbons (Fsp3) is 0.800. The summed E-state index contributed by atoms with van der Waals surface area (Å²) in [4.78, 5) is 14.1. The lowest BCUT2D eigenvalue weighted by Gasteiger charge is -2.42. The summed E-state index contributed by atoms with van der Waals surface area (Å²) in [7, 11) is 0. The van der Waals surface area contributed by atoms with Crippen LogP contribution in [0.15, 0.2) is 0 Å². The lowest BCUT2D eigenvalue weighted by Crippen LogP contribution is -2.54. The highest BCUT2D eigenvalue weighted by molar-refractivity contribution is 7.80. The first kappa shape index (κ1) is 12.4. The van der Waals surface area contributed by atoms with E-state index in [1.54, 1.807) is 4.90 Å². The second kappa shape index (κ2) is 4.90. The monoisotopic (exact) mass is 230 g/mol. The number of hydrogen-bond acceptors (Lipinski definition) is 3. The van der Waals surface area contributed by atoms with Crippen molar-refractivity contribution in [3.63, 3.8) is 0 Å². The van der Waals surface area contributed by atoms with Gasteiger partial charge < -0.3 is 15.7 Å². The van der Waals surface area contributed by atoms with Gasteiger partial charge in [-0.05, 0) is 19.8 Å². The van der Waals surface area contributed by atoms with Gasteiger partial charge >= 0.3 is 0 Å². The standard InChI is InChI=1S/C10H18N2O2S/c1-2-12(6-7-13)9(14)10(8(11)15)4-3-5-10/h13H,2-7H2,1H3,(H2,11,15). The first-order valence-corrected chi connectivity index (χ1v) is 5.69. The van der Waals surface area contributed by atoms with Crippen LogP contribution in [0.5, 0.6) is 0 Å². The molecule has 0 atom stereocenters. The highest BCUT2D eigenvalue weighted by Gasteiger charge is 2.48. The quantitative estimate of drug-likeness (QED) is 0.666. The molecule has 0 aromatic rings. The third-order valence-corrected chi connectivity index (χ3v) is 3.52. The van der Waals surface area contributed by atoms with Crippen LogP contribution in [-0.2, 0) is 4.79 Å². The Bertz CT molecular complexity index is 264. The van der Waals surface area contributed by atoms with E-state index in [1.165, 1.54) is 0 Å². The molecule has 1 rings (SSSR count). The van der Waals surface area contributed by atoms with Gasteiger partial charge in [-0.3, -0.25) is 4.79 Å². The number of nitrogens with zero attached hydrogens (tertiary/aromatic N) is 1. The third kappa shape index (κ3) is 2.13. The van der Waals surface area contributed by atoms with Gasteiger partial charge in [0, 0.05) is 13.1 Å². The lowest BCUT2D eigenvalue weighted by atomic mass is 9.67.